The average Bonchev–Trinajstić information content (AvgIpc) is 2.80. The third-order valence-electron chi connectivity index (χ3n) is 4.46. The number of hydrogen-bond acceptors (Lipinski definition) is 2. The zero-order chi connectivity index (χ0) is 11.4. The second-order valence-corrected chi connectivity index (χ2v) is 5.83. The van der Waals surface area contributed by atoms with Crippen molar-refractivity contribution in [1.82, 2.24) is 5.32 Å². The first-order valence-electron chi connectivity index (χ1n) is 7.10. The molecule has 2 nitrogen and oxygen atoms in total. The van der Waals surface area contributed by atoms with Gasteiger partial charge in [-0.3, -0.25) is 0 Å². The number of ether oxygens (including phenoxy) is 1. The van der Waals surface area contributed by atoms with Gasteiger partial charge in [0.1, 0.15) is 0 Å². The van der Waals surface area contributed by atoms with E-state index < -0.39 is 0 Å². The first kappa shape index (κ1) is 12.4. The molecule has 4 unspecified atom stereocenters. The van der Waals surface area contributed by atoms with Gasteiger partial charge in [-0.15, -0.1) is 0 Å². The fraction of sp³-hybridized carbons (Fsp3) is 1.00. The van der Waals surface area contributed by atoms with E-state index in [1.807, 2.05) is 0 Å². The summed E-state index contributed by atoms with van der Waals surface area (Å²) in [6, 6.07) is 0.779. The van der Waals surface area contributed by atoms with E-state index in [0.717, 1.165) is 37.0 Å². The van der Waals surface area contributed by atoms with Crippen molar-refractivity contribution in [1.29, 1.82) is 0 Å². The van der Waals surface area contributed by atoms with Crippen molar-refractivity contribution in [3.63, 3.8) is 0 Å². The largest absolute Gasteiger partial charge is 0.381 e. The molecule has 0 amide bonds. The molecular weight excluding hydrogens is 198 g/mol. The Morgan fingerprint density at radius 2 is 2.12 bits per heavy atom. The van der Waals surface area contributed by atoms with E-state index in [1.54, 1.807) is 0 Å². The summed E-state index contributed by atoms with van der Waals surface area (Å²) in [6.07, 6.45) is 6.81. The van der Waals surface area contributed by atoms with Crippen LogP contribution in [0.25, 0.3) is 0 Å². The first-order valence-corrected chi connectivity index (χ1v) is 7.10. The summed E-state index contributed by atoms with van der Waals surface area (Å²) in [6.45, 7) is 7.88. The lowest BCUT2D eigenvalue weighted by atomic mass is 9.77. The molecular formula is C14H27NO. The molecule has 1 saturated carbocycles. The molecule has 1 aliphatic carbocycles. The Morgan fingerprint density at radius 1 is 1.25 bits per heavy atom. The van der Waals surface area contributed by atoms with Crippen LogP contribution in [0.2, 0.25) is 0 Å². The summed E-state index contributed by atoms with van der Waals surface area (Å²) in [5.74, 6) is 2.63. The van der Waals surface area contributed by atoms with Gasteiger partial charge in [0.25, 0.3) is 0 Å². The molecule has 1 saturated heterocycles. The maximum absolute atomic E-state index is 5.43. The Hall–Kier alpha value is -0.0800. The van der Waals surface area contributed by atoms with Crippen molar-refractivity contribution in [2.75, 3.05) is 19.8 Å². The van der Waals surface area contributed by atoms with Gasteiger partial charge in [0.15, 0.2) is 0 Å². The maximum Gasteiger partial charge on any atom is 0.0507 e. The number of hydrogen-bond donors (Lipinski definition) is 1. The summed E-state index contributed by atoms with van der Waals surface area (Å²) in [4.78, 5) is 0. The van der Waals surface area contributed by atoms with Crippen LogP contribution in [-0.2, 0) is 4.74 Å². The molecule has 4 atom stereocenters. The van der Waals surface area contributed by atoms with Crippen molar-refractivity contribution < 1.29 is 4.74 Å². The summed E-state index contributed by atoms with van der Waals surface area (Å²) in [7, 11) is 0. The lowest BCUT2D eigenvalue weighted by molar-refractivity contribution is 0.175. The number of nitrogens with one attached hydrogen (secondary N) is 1. The normalized spacial score (nSPS) is 40.1. The van der Waals surface area contributed by atoms with Gasteiger partial charge in [0, 0.05) is 19.2 Å². The van der Waals surface area contributed by atoms with Crippen molar-refractivity contribution >= 4 is 0 Å². The second kappa shape index (κ2) is 6.02. The predicted molar refractivity (Wildman–Crippen MR) is 67.5 cm³/mol. The van der Waals surface area contributed by atoms with Crippen molar-refractivity contribution in [2.45, 2.75) is 52.0 Å². The van der Waals surface area contributed by atoms with Gasteiger partial charge in [-0.25, -0.2) is 0 Å². The SMILES string of the molecule is CCC1CC(C)CCC1NCC1CCOC1. The molecule has 0 aromatic carbocycles. The van der Waals surface area contributed by atoms with Crippen LogP contribution in [-0.4, -0.2) is 25.8 Å². The molecule has 0 bridgehead atoms. The van der Waals surface area contributed by atoms with Crippen molar-refractivity contribution in [2.24, 2.45) is 17.8 Å². The monoisotopic (exact) mass is 225 g/mol. The van der Waals surface area contributed by atoms with Crippen LogP contribution in [0.3, 0.4) is 0 Å². The molecule has 0 aromatic rings. The molecule has 16 heavy (non-hydrogen) atoms. The van der Waals surface area contributed by atoms with E-state index in [-0.39, 0.29) is 0 Å². The van der Waals surface area contributed by atoms with Crippen molar-refractivity contribution in [3.05, 3.63) is 0 Å². The van der Waals surface area contributed by atoms with Crippen LogP contribution < -0.4 is 5.32 Å². The molecule has 0 spiro atoms. The highest BCUT2D eigenvalue weighted by Crippen LogP contribution is 2.31. The molecule has 1 aliphatic heterocycles. The maximum atomic E-state index is 5.43. The molecule has 1 N–H and O–H groups in total. The van der Waals surface area contributed by atoms with Gasteiger partial charge in [0.05, 0.1) is 6.61 Å². The minimum atomic E-state index is 0.775. The van der Waals surface area contributed by atoms with Crippen LogP contribution in [0.15, 0.2) is 0 Å². The third kappa shape index (κ3) is 3.21. The highest BCUT2D eigenvalue weighted by Gasteiger charge is 2.27. The van der Waals surface area contributed by atoms with Gasteiger partial charge in [-0.2, -0.15) is 0 Å². The van der Waals surface area contributed by atoms with Gasteiger partial charge >= 0.3 is 0 Å². The van der Waals surface area contributed by atoms with E-state index in [0.29, 0.717) is 0 Å². The Balaban J connectivity index is 1.74. The van der Waals surface area contributed by atoms with Crippen LogP contribution in [0.5, 0.6) is 0 Å². The van der Waals surface area contributed by atoms with Crippen LogP contribution >= 0.6 is 0 Å². The second-order valence-electron chi connectivity index (χ2n) is 5.83. The Morgan fingerprint density at radius 3 is 2.81 bits per heavy atom. The van der Waals surface area contributed by atoms with E-state index >= 15 is 0 Å². The van der Waals surface area contributed by atoms with E-state index in [4.69, 9.17) is 4.74 Å². The topological polar surface area (TPSA) is 21.3 Å². The van der Waals surface area contributed by atoms with Crippen LogP contribution in [0, 0.1) is 17.8 Å². The molecule has 1 heterocycles. The minimum absolute atomic E-state index is 0.775. The fourth-order valence-electron chi connectivity index (χ4n) is 3.28. The Labute approximate surface area is 100 Å². The molecule has 0 radical (unpaired) electrons. The number of rotatable bonds is 4. The lowest BCUT2D eigenvalue weighted by Crippen LogP contribution is -2.42. The quantitative estimate of drug-likeness (QED) is 0.794. The smallest absolute Gasteiger partial charge is 0.0507 e. The third-order valence-corrected chi connectivity index (χ3v) is 4.46. The summed E-state index contributed by atoms with van der Waals surface area (Å²) >= 11 is 0. The Kier molecular flexibility index (Phi) is 4.66. The first-order chi connectivity index (χ1) is 7.79. The van der Waals surface area contributed by atoms with Gasteiger partial charge in [-0.05, 0) is 43.4 Å². The molecule has 2 fully saturated rings. The van der Waals surface area contributed by atoms with E-state index in [9.17, 15) is 0 Å². The van der Waals surface area contributed by atoms with Gasteiger partial charge in [0.2, 0.25) is 0 Å². The van der Waals surface area contributed by atoms with Gasteiger partial charge < -0.3 is 10.1 Å². The minimum Gasteiger partial charge on any atom is -0.381 e. The Bertz CT molecular complexity index is 201. The highest BCUT2D eigenvalue weighted by atomic mass is 16.5. The zero-order valence-electron chi connectivity index (χ0n) is 10.9. The molecule has 2 aliphatic rings. The summed E-state index contributed by atoms with van der Waals surface area (Å²) < 4.78 is 5.43. The fourth-order valence-corrected chi connectivity index (χ4v) is 3.28. The molecule has 0 aromatic heterocycles. The zero-order valence-corrected chi connectivity index (χ0v) is 10.9. The van der Waals surface area contributed by atoms with Crippen LogP contribution in [0.1, 0.15) is 46.0 Å². The predicted octanol–water partition coefficient (Wildman–Crippen LogP) is 2.83. The average molecular weight is 225 g/mol. The van der Waals surface area contributed by atoms with E-state index in [1.165, 1.54) is 38.6 Å². The molecule has 94 valence electrons. The van der Waals surface area contributed by atoms with Crippen molar-refractivity contribution in [3.8, 4) is 0 Å². The molecule has 2 rings (SSSR count). The highest BCUT2D eigenvalue weighted by molar-refractivity contribution is 4.83. The molecule has 2 heteroatoms. The summed E-state index contributed by atoms with van der Waals surface area (Å²) in [5.41, 5.74) is 0. The lowest BCUT2D eigenvalue weighted by Gasteiger charge is -2.35. The van der Waals surface area contributed by atoms with E-state index in [2.05, 4.69) is 19.2 Å². The summed E-state index contributed by atoms with van der Waals surface area (Å²) in [5, 5.41) is 3.81. The van der Waals surface area contributed by atoms with Crippen LogP contribution in [0.4, 0.5) is 0 Å². The van der Waals surface area contributed by atoms with Gasteiger partial charge in [-0.1, -0.05) is 20.3 Å². The standard InChI is InChI=1S/C14H27NO/c1-3-13-8-11(2)4-5-14(13)15-9-12-6-7-16-10-12/h11-15H,3-10H2,1-2H3.